The fraction of sp³-hybridized carbons (Fsp3) is 0.462. The standard InChI is InChI=1S/C13H21N3O2S/c1-4-16(5-2)13(14)15-10-11-6-8-12(9-7-11)19(3,17)18/h6-9H,4-5,10H2,1-3H3,(H2,14,15). The molecule has 1 aromatic carbocycles. The Bertz CT molecular complexity index is 532. The van der Waals surface area contributed by atoms with Crippen LogP contribution in [-0.4, -0.2) is 38.6 Å². The van der Waals surface area contributed by atoms with Gasteiger partial charge < -0.3 is 10.6 Å². The Morgan fingerprint density at radius 2 is 1.74 bits per heavy atom. The molecule has 0 saturated carbocycles. The summed E-state index contributed by atoms with van der Waals surface area (Å²) in [6.07, 6.45) is 1.19. The molecule has 0 aromatic heterocycles. The van der Waals surface area contributed by atoms with Gasteiger partial charge in [0.05, 0.1) is 11.4 Å². The Hall–Kier alpha value is -1.56. The van der Waals surface area contributed by atoms with E-state index >= 15 is 0 Å². The maximum Gasteiger partial charge on any atom is 0.191 e. The summed E-state index contributed by atoms with van der Waals surface area (Å²) in [6, 6.07) is 6.70. The van der Waals surface area contributed by atoms with Gasteiger partial charge in [0.1, 0.15) is 0 Å². The average Bonchev–Trinajstić information content (AvgIpc) is 2.37. The first kappa shape index (κ1) is 15.5. The number of rotatable bonds is 5. The first-order chi connectivity index (χ1) is 8.88. The number of hydrogen-bond acceptors (Lipinski definition) is 3. The van der Waals surface area contributed by atoms with E-state index in [0.717, 1.165) is 18.7 Å². The molecule has 0 heterocycles. The van der Waals surface area contributed by atoms with Gasteiger partial charge in [-0.3, -0.25) is 0 Å². The second-order valence-corrected chi connectivity index (χ2v) is 6.28. The van der Waals surface area contributed by atoms with Crippen LogP contribution in [0.1, 0.15) is 19.4 Å². The number of nitrogens with two attached hydrogens (primary N) is 1. The van der Waals surface area contributed by atoms with Crippen LogP contribution in [-0.2, 0) is 16.4 Å². The van der Waals surface area contributed by atoms with Crippen LogP contribution >= 0.6 is 0 Å². The predicted octanol–water partition coefficient (Wildman–Crippen LogP) is 1.25. The number of guanidine groups is 1. The van der Waals surface area contributed by atoms with Crippen LogP contribution in [0.25, 0.3) is 0 Å². The van der Waals surface area contributed by atoms with Gasteiger partial charge in [-0.1, -0.05) is 12.1 Å². The molecule has 0 fully saturated rings. The molecule has 0 atom stereocenters. The van der Waals surface area contributed by atoms with Crippen LogP contribution < -0.4 is 5.73 Å². The smallest absolute Gasteiger partial charge is 0.191 e. The molecule has 0 aliphatic rings. The molecule has 0 aliphatic carbocycles. The molecule has 0 saturated heterocycles. The fourth-order valence-electron chi connectivity index (χ4n) is 1.66. The van der Waals surface area contributed by atoms with E-state index in [1.807, 2.05) is 18.7 Å². The van der Waals surface area contributed by atoms with Gasteiger partial charge in [-0.05, 0) is 31.5 Å². The Morgan fingerprint density at radius 3 is 2.16 bits per heavy atom. The highest BCUT2D eigenvalue weighted by atomic mass is 32.2. The first-order valence-corrected chi connectivity index (χ1v) is 8.11. The Balaban J connectivity index is 2.77. The van der Waals surface area contributed by atoms with Gasteiger partial charge >= 0.3 is 0 Å². The molecule has 0 amide bonds. The van der Waals surface area contributed by atoms with E-state index in [1.165, 1.54) is 6.26 Å². The Kier molecular flexibility index (Phi) is 5.35. The van der Waals surface area contributed by atoms with E-state index in [2.05, 4.69) is 4.99 Å². The average molecular weight is 283 g/mol. The summed E-state index contributed by atoms with van der Waals surface area (Å²) in [5, 5.41) is 0. The third-order valence-corrected chi connectivity index (χ3v) is 3.99. The summed E-state index contributed by atoms with van der Waals surface area (Å²) in [5.41, 5.74) is 6.80. The van der Waals surface area contributed by atoms with Crippen LogP contribution in [0.4, 0.5) is 0 Å². The third kappa shape index (κ3) is 4.55. The zero-order valence-corrected chi connectivity index (χ0v) is 12.4. The van der Waals surface area contributed by atoms with Gasteiger partial charge in [-0.2, -0.15) is 0 Å². The monoisotopic (exact) mass is 283 g/mol. The maximum atomic E-state index is 11.3. The highest BCUT2D eigenvalue weighted by Crippen LogP contribution is 2.11. The second-order valence-electron chi connectivity index (χ2n) is 4.26. The zero-order valence-electron chi connectivity index (χ0n) is 11.6. The Morgan fingerprint density at radius 1 is 1.21 bits per heavy atom. The summed E-state index contributed by atoms with van der Waals surface area (Å²) in [5.74, 6) is 0.511. The van der Waals surface area contributed by atoms with Gasteiger partial charge in [0.15, 0.2) is 15.8 Å². The summed E-state index contributed by atoms with van der Waals surface area (Å²) in [7, 11) is -3.14. The third-order valence-electron chi connectivity index (χ3n) is 2.86. The second kappa shape index (κ2) is 6.56. The molecule has 0 aliphatic heterocycles. The summed E-state index contributed by atoms with van der Waals surface area (Å²) >= 11 is 0. The van der Waals surface area contributed by atoms with Crippen molar-refractivity contribution in [3.05, 3.63) is 29.8 Å². The van der Waals surface area contributed by atoms with E-state index in [9.17, 15) is 8.42 Å². The number of aliphatic imine (C=N–C) groups is 1. The zero-order chi connectivity index (χ0) is 14.5. The van der Waals surface area contributed by atoms with Crippen molar-refractivity contribution in [3.63, 3.8) is 0 Å². The number of nitrogens with zero attached hydrogens (tertiary/aromatic N) is 2. The van der Waals surface area contributed by atoms with Crippen LogP contribution in [0, 0.1) is 0 Å². The van der Waals surface area contributed by atoms with E-state index in [-0.39, 0.29) is 0 Å². The van der Waals surface area contributed by atoms with Crippen LogP contribution in [0.15, 0.2) is 34.2 Å². The van der Waals surface area contributed by atoms with Crippen molar-refractivity contribution >= 4 is 15.8 Å². The minimum atomic E-state index is -3.14. The number of benzene rings is 1. The van der Waals surface area contributed by atoms with Crippen LogP contribution in [0.3, 0.4) is 0 Å². The normalized spacial score (nSPS) is 12.5. The lowest BCUT2D eigenvalue weighted by atomic mass is 10.2. The van der Waals surface area contributed by atoms with Crippen molar-refractivity contribution in [1.29, 1.82) is 0 Å². The topological polar surface area (TPSA) is 75.8 Å². The Labute approximate surface area is 115 Å². The predicted molar refractivity (Wildman–Crippen MR) is 77.8 cm³/mol. The first-order valence-electron chi connectivity index (χ1n) is 6.22. The summed E-state index contributed by atoms with van der Waals surface area (Å²) < 4.78 is 22.6. The van der Waals surface area contributed by atoms with Crippen molar-refractivity contribution < 1.29 is 8.42 Å². The molecule has 19 heavy (non-hydrogen) atoms. The molecular weight excluding hydrogens is 262 g/mol. The highest BCUT2D eigenvalue weighted by Gasteiger charge is 2.06. The van der Waals surface area contributed by atoms with E-state index in [4.69, 9.17) is 5.73 Å². The van der Waals surface area contributed by atoms with E-state index in [0.29, 0.717) is 17.4 Å². The molecule has 6 heteroatoms. The number of sulfone groups is 1. The van der Waals surface area contributed by atoms with Gasteiger partial charge in [-0.25, -0.2) is 13.4 Å². The van der Waals surface area contributed by atoms with Gasteiger partial charge in [0.2, 0.25) is 0 Å². The maximum absolute atomic E-state index is 11.3. The van der Waals surface area contributed by atoms with Crippen LogP contribution in [0.2, 0.25) is 0 Å². The molecule has 1 rings (SSSR count). The molecule has 106 valence electrons. The van der Waals surface area contributed by atoms with Crippen molar-refractivity contribution in [2.45, 2.75) is 25.3 Å². The van der Waals surface area contributed by atoms with Crippen LogP contribution in [0.5, 0.6) is 0 Å². The minimum absolute atomic E-state index is 0.317. The number of hydrogen-bond donors (Lipinski definition) is 1. The van der Waals surface area contributed by atoms with Crippen molar-refractivity contribution in [2.24, 2.45) is 10.7 Å². The fourth-order valence-corrected chi connectivity index (χ4v) is 2.29. The molecule has 0 radical (unpaired) electrons. The molecule has 2 N–H and O–H groups in total. The van der Waals surface area contributed by atoms with E-state index < -0.39 is 9.84 Å². The van der Waals surface area contributed by atoms with Gasteiger partial charge in [0.25, 0.3) is 0 Å². The van der Waals surface area contributed by atoms with Gasteiger partial charge in [-0.15, -0.1) is 0 Å². The lowest BCUT2D eigenvalue weighted by Crippen LogP contribution is -2.37. The summed E-state index contributed by atoms with van der Waals surface area (Å²) in [4.78, 5) is 6.58. The quantitative estimate of drug-likeness (QED) is 0.652. The molecule has 0 unspecified atom stereocenters. The van der Waals surface area contributed by atoms with Crippen molar-refractivity contribution in [1.82, 2.24) is 4.90 Å². The minimum Gasteiger partial charge on any atom is -0.370 e. The SMILES string of the molecule is CCN(CC)C(N)=NCc1ccc(S(C)(=O)=O)cc1. The van der Waals surface area contributed by atoms with Gasteiger partial charge in [0, 0.05) is 19.3 Å². The largest absolute Gasteiger partial charge is 0.370 e. The molecule has 0 bridgehead atoms. The van der Waals surface area contributed by atoms with Crippen molar-refractivity contribution in [2.75, 3.05) is 19.3 Å². The molecule has 5 nitrogen and oxygen atoms in total. The molecule has 0 spiro atoms. The van der Waals surface area contributed by atoms with Crippen molar-refractivity contribution in [3.8, 4) is 0 Å². The lowest BCUT2D eigenvalue weighted by molar-refractivity contribution is 0.458. The highest BCUT2D eigenvalue weighted by molar-refractivity contribution is 7.90. The van der Waals surface area contributed by atoms with E-state index in [1.54, 1.807) is 24.3 Å². The summed E-state index contributed by atoms with van der Waals surface area (Å²) in [6.45, 7) is 6.13. The lowest BCUT2D eigenvalue weighted by Gasteiger charge is -2.19. The molecular formula is C13H21N3O2S. The molecule has 1 aromatic rings.